The fraction of sp³-hybridized carbons (Fsp3) is 0.353. The van der Waals surface area contributed by atoms with Crippen LogP contribution in [0.15, 0.2) is 33.6 Å². The van der Waals surface area contributed by atoms with Crippen LogP contribution in [0.1, 0.15) is 37.1 Å². The normalized spacial score (nSPS) is 15.0. The zero-order chi connectivity index (χ0) is 16.4. The number of carbonyl (C=O) groups is 1. The molecule has 23 heavy (non-hydrogen) atoms. The summed E-state index contributed by atoms with van der Waals surface area (Å²) in [6, 6.07) is 5.42. The molecule has 3 rings (SSSR count). The summed E-state index contributed by atoms with van der Waals surface area (Å²) >= 11 is 6.09. The van der Waals surface area contributed by atoms with Crippen molar-refractivity contribution in [2.24, 2.45) is 0 Å². The van der Waals surface area contributed by atoms with Gasteiger partial charge in [-0.2, -0.15) is 0 Å². The van der Waals surface area contributed by atoms with Crippen LogP contribution in [-0.4, -0.2) is 15.9 Å². The highest BCUT2D eigenvalue weighted by Crippen LogP contribution is 2.28. The average molecular weight is 333 g/mol. The average Bonchev–Trinajstić information content (AvgIpc) is 2.54. The summed E-state index contributed by atoms with van der Waals surface area (Å²) in [6.45, 7) is 1.81. The van der Waals surface area contributed by atoms with E-state index in [1.54, 1.807) is 6.07 Å². The molecule has 0 aliphatic heterocycles. The van der Waals surface area contributed by atoms with Gasteiger partial charge in [0.1, 0.15) is 12.4 Å². The number of aromatic amines is 1. The van der Waals surface area contributed by atoms with Crippen molar-refractivity contribution < 1.29 is 9.53 Å². The van der Waals surface area contributed by atoms with Gasteiger partial charge in [0.15, 0.2) is 0 Å². The van der Waals surface area contributed by atoms with Crippen LogP contribution >= 0.6 is 11.6 Å². The molecule has 1 aliphatic carbocycles. The number of nitrogens with zero attached hydrogens (tertiary/aromatic N) is 1. The smallest absolute Gasteiger partial charge is 0.335 e. The lowest BCUT2D eigenvalue weighted by molar-refractivity contribution is -0.140. The third-order valence-electron chi connectivity index (χ3n) is 3.97. The molecule has 1 aliphatic rings. The number of aryl methyl sites for hydroxylation is 1. The van der Waals surface area contributed by atoms with Crippen molar-refractivity contribution in [1.29, 1.82) is 0 Å². The maximum atomic E-state index is 12.1. The zero-order valence-corrected chi connectivity index (χ0v) is 13.6. The molecule has 1 N–H and O–H groups in total. The number of rotatable bonds is 3. The first-order valence-corrected chi connectivity index (χ1v) is 7.97. The second kappa shape index (κ2) is 6.54. The molecule has 0 fully saturated rings. The lowest BCUT2D eigenvalue weighted by Crippen LogP contribution is -2.16. The Bertz CT molecular complexity index is 855. The quantitative estimate of drug-likeness (QED) is 0.875. The van der Waals surface area contributed by atoms with Crippen molar-refractivity contribution in [3.8, 4) is 0 Å². The number of hydrogen-bond donors (Lipinski definition) is 1. The van der Waals surface area contributed by atoms with E-state index >= 15 is 0 Å². The number of benzene rings is 1. The molecule has 1 heterocycles. The number of halogens is 1. The lowest BCUT2D eigenvalue weighted by Gasteiger charge is -2.15. The number of nitrogens with one attached hydrogen (secondary N) is 1. The van der Waals surface area contributed by atoms with Crippen LogP contribution < -0.4 is 5.56 Å². The Kier molecular flexibility index (Phi) is 4.48. The first kappa shape index (κ1) is 15.7. The first-order valence-electron chi connectivity index (χ1n) is 7.59. The molecule has 2 aromatic rings. The SMILES string of the molecule is Cc1cccc2c(=O)[nH]c(COC(=O)C3=C(Cl)CCCC3)nc12. The van der Waals surface area contributed by atoms with Crippen molar-refractivity contribution in [3.05, 3.63) is 50.5 Å². The van der Waals surface area contributed by atoms with Crippen molar-refractivity contribution in [2.75, 3.05) is 0 Å². The molecule has 0 bridgehead atoms. The summed E-state index contributed by atoms with van der Waals surface area (Å²) in [5.41, 5.74) is 1.83. The van der Waals surface area contributed by atoms with Crippen molar-refractivity contribution in [1.82, 2.24) is 9.97 Å². The summed E-state index contributed by atoms with van der Waals surface area (Å²) in [5.74, 6) is -0.0973. The highest BCUT2D eigenvalue weighted by molar-refractivity contribution is 6.31. The molecule has 1 aromatic carbocycles. The molecule has 0 radical (unpaired) electrons. The Morgan fingerprint density at radius 1 is 1.35 bits per heavy atom. The Morgan fingerprint density at radius 2 is 2.13 bits per heavy atom. The molecule has 0 amide bonds. The third-order valence-corrected chi connectivity index (χ3v) is 4.39. The number of carbonyl (C=O) groups excluding carboxylic acids is 1. The Hall–Kier alpha value is -2.14. The number of para-hydroxylation sites is 1. The second-order valence-corrected chi connectivity index (χ2v) is 6.11. The largest absolute Gasteiger partial charge is 0.454 e. The molecule has 1 aromatic heterocycles. The van der Waals surface area contributed by atoms with Gasteiger partial charge in [0.05, 0.1) is 16.5 Å². The maximum Gasteiger partial charge on any atom is 0.335 e. The van der Waals surface area contributed by atoms with E-state index in [1.165, 1.54) is 0 Å². The van der Waals surface area contributed by atoms with E-state index < -0.39 is 5.97 Å². The van der Waals surface area contributed by atoms with Gasteiger partial charge >= 0.3 is 5.97 Å². The maximum absolute atomic E-state index is 12.1. The zero-order valence-electron chi connectivity index (χ0n) is 12.8. The van der Waals surface area contributed by atoms with Crippen LogP contribution in [-0.2, 0) is 16.1 Å². The number of H-pyrrole nitrogens is 1. The van der Waals surface area contributed by atoms with Gasteiger partial charge in [-0.05, 0) is 44.2 Å². The predicted molar refractivity (Wildman–Crippen MR) is 88.2 cm³/mol. The number of allylic oxidation sites excluding steroid dienone is 1. The van der Waals surface area contributed by atoms with Crippen molar-refractivity contribution in [3.63, 3.8) is 0 Å². The summed E-state index contributed by atoms with van der Waals surface area (Å²) in [6.07, 6.45) is 3.29. The Balaban J connectivity index is 1.81. The number of ether oxygens (including phenoxy) is 1. The van der Waals surface area contributed by atoms with Crippen LogP contribution in [0.4, 0.5) is 0 Å². The van der Waals surface area contributed by atoms with Crippen molar-refractivity contribution >= 4 is 28.5 Å². The molecule has 0 saturated carbocycles. The third kappa shape index (κ3) is 3.29. The van der Waals surface area contributed by atoms with Crippen LogP contribution in [0, 0.1) is 6.92 Å². The molecule has 6 heteroatoms. The molecule has 120 valence electrons. The summed E-state index contributed by atoms with van der Waals surface area (Å²) in [7, 11) is 0. The summed E-state index contributed by atoms with van der Waals surface area (Å²) < 4.78 is 5.27. The van der Waals surface area contributed by atoms with Crippen LogP contribution in [0.2, 0.25) is 0 Å². The first-order chi connectivity index (χ1) is 11.1. The van der Waals surface area contributed by atoms with E-state index in [0.29, 0.717) is 33.8 Å². The lowest BCUT2D eigenvalue weighted by atomic mass is 9.99. The van der Waals surface area contributed by atoms with E-state index in [-0.39, 0.29) is 12.2 Å². The summed E-state index contributed by atoms with van der Waals surface area (Å²) in [4.78, 5) is 31.2. The van der Waals surface area contributed by atoms with Gasteiger partial charge in [-0.15, -0.1) is 0 Å². The molecular formula is C17H17ClN2O3. The van der Waals surface area contributed by atoms with Gasteiger partial charge in [0.2, 0.25) is 0 Å². The Morgan fingerprint density at radius 3 is 2.91 bits per heavy atom. The minimum atomic E-state index is -0.428. The monoisotopic (exact) mass is 332 g/mol. The van der Waals surface area contributed by atoms with Gasteiger partial charge in [0, 0.05) is 5.03 Å². The minimum absolute atomic E-state index is 0.0774. The van der Waals surface area contributed by atoms with E-state index in [2.05, 4.69) is 9.97 Å². The van der Waals surface area contributed by atoms with E-state index in [9.17, 15) is 9.59 Å². The highest BCUT2D eigenvalue weighted by Gasteiger charge is 2.19. The minimum Gasteiger partial charge on any atom is -0.454 e. The van der Waals surface area contributed by atoms with E-state index in [1.807, 2.05) is 19.1 Å². The van der Waals surface area contributed by atoms with E-state index in [0.717, 1.165) is 24.8 Å². The van der Waals surface area contributed by atoms with Gasteiger partial charge in [-0.25, -0.2) is 9.78 Å². The standard InChI is InChI=1S/C17H17ClN2O3/c1-10-5-4-7-12-15(10)19-14(20-16(12)21)9-23-17(22)11-6-2-3-8-13(11)18/h4-5,7H,2-3,6,8-9H2,1H3,(H,19,20,21). The molecule has 0 spiro atoms. The van der Waals surface area contributed by atoms with Crippen LogP contribution in [0.25, 0.3) is 10.9 Å². The Labute approximate surface area is 138 Å². The van der Waals surface area contributed by atoms with Gasteiger partial charge in [-0.3, -0.25) is 4.79 Å². The fourth-order valence-corrected chi connectivity index (χ4v) is 3.03. The highest BCUT2D eigenvalue weighted by atomic mass is 35.5. The second-order valence-electron chi connectivity index (χ2n) is 5.65. The molecule has 0 saturated heterocycles. The fourth-order valence-electron chi connectivity index (χ4n) is 2.72. The number of esters is 1. The van der Waals surface area contributed by atoms with Crippen LogP contribution in [0.5, 0.6) is 0 Å². The predicted octanol–water partition coefficient (Wildman–Crippen LogP) is 3.34. The molecule has 5 nitrogen and oxygen atoms in total. The van der Waals surface area contributed by atoms with Gasteiger partial charge in [-0.1, -0.05) is 23.7 Å². The van der Waals surface area contributed by atoms with Gasteiger partial charge < -0.3 is 9.72 Å². The van der Waals surface area contributed by atoms with Crippen LogP contribution in [0.3, 0.4) is 0 Å². The molecule has 0 unspecified atom stereocenters. The molecular weight excluding hydrogens is 316 g/mol. The van der Waals surface area contributed by atoms with Gasteiger partial charge in [0.25, 0.3) is 5.56 Å². The van der Waals surface area contributed by atoms with E-state index in [4.69, 9.17) is 16.3 Å². The van der Waals surface area contributed by atoms with Crippen molar-refractivity contribution in [2.45, 2.75) is 39.2 Å². The summed E-state index contributed by atoms with van der Waals surface area (Å²) in [5, 5.41) is 1.11. The number of hydrogen-bond acceptors (Lipinski definition) is 4. The number of aromatic nitrogens is 2. The topological polar surface area (TPSA) is 72.1 Å². The molecule has 0 atom stereocenters. The number of fused-ring (bicyclic) bond motifs is 1.